The number of fused-ring (bicyclic) bond motifs is 6. The number of pyridine rings is 6. The number of nitrogens with one attached hydrogen (secondary N) is 6. The first-order valence-corrected chi connectivity index (χ1v) is 39.1. The van der Waals surface area contributed by atoms with Gasteiger partial charge in [-0.3, -0.25) is 16.2 Å². The van der Waals surface area contributed by atoms with Crippen molar-refractivity contribution in [3.63, 3.8) is 0 Å². The highest BCUT2D eigenvalue weighted by atomic mass is 16.6. The molecule has 0 atom stereocenters. The summed E-state index contributed by atoms with van der Waals surface area (Å²) in [6.45, 7) is 22.1. The van der Waals surface area contributed by atoms with E-state index >= 15 is 0 Å². The molecule has 39 heteroatoms. The molecule has 0 radical (unpaired) electrons. The molecule has 0 amide bonds. The van der Waals surface area contributed by atoms with Crippen molar-refractivity contribution in [1.82, 2.24) is 57.7 Å². The van der Waals surface area contributed by atoms with Gasteiger partial charge in [-0.25, -0.2) is 57.0 Å². The number of aliphatic imine (C=N–C) groups is 6. The minimum absolute atomic E-state index is 0.0383. The van der Waals surface area contributed by atoms with E-state index in [1.54, 1.807) is 45.7 Å². The van der Waals surface area contributed by atoms with Crippen molar-refractivity contribution in [2.45, 2.75) is 92.6 Å². The Kier molecular flexibility index (Phi) is 27.1. The molecular formula is C83H97N27O12. The van der Waals surface area contributed by atoms with Crippen LogP contribution < -0.4 is 61.6 Å². The van der Waals surface area contributed by atoms with E-state index in [2.05, 4.69) is 61.5 Å². The molecule has 15 heterocycles. The Morgan fingerprint density at radius 3 is 0.959 bits per heavy atom. The van der Waals surface area contributed by atoms with E-state index in [1.807, 2.05) is 197 Å². The first-order chi connectivity index (χ1) is 58.8. The Balaban J connectivity index is 0.000000158. The second-order valence-electron chi connectivity index (χ2n) is 29.6. The Morgan fingerprint density at radius 2 is 0.631 bits per heavy atom. The number of dihydropyridines is 3. The number of amidine groups is 6. The summed E-state index contributed by atoms with van der Waals surface area (Å²) in [7, 11) is 0. The van der Waals surface area contributed by atoms with Gasteiger partial charge in [0, 0.05) is 37.2 Å². The zero-order valence-corrected chi connectivity index (χ0v) is 69.0. The standard InChI is InChI=1S/C29H35N9O4.C27H31N9O6.C27H31N9O2/c1-18(2)39-13-15-41-28-24(22-9-5-7-11-37(22)35-28)32-26-20(30)17-21(31)27(34-26)33-25-23-10-6-8-12-38(23)36-29(25)42-16-14-40-19(3)4;28-18-17-19(29)25(31-23-21-6-2-4-8-36(21)34-27(23)42-16-14-40-12-10-38)32-24(18)30-22-20-5-1-3-7-35(20)33-26(22)41-15-13-39-11-9-37;1-26(2,3)37-24-20(18-11-7-9-13-35(18)33-24)30-22-16(28)15-17(29)23(32-22)31-21-19-12-8-10-14-36(19)34-25(21)38-27(4,5)6/h5-12,17-19,30H,13-16,31H2,1-4H3,(H,32,33,34);1-8,17,28,37-38H,9-16,29H2,(H,30,31,32);7-15,28H,29H2,1-6H3,(H,30,31,32). The van der Waals surface area contributed by atoms with E-state index in [0.29, 0.717) is 101 Å². The van der Waals surface area contributed by atoms with E-state index in [9.17, 15) is 0 Å². The molecule has 636 valence electrons. The molecule has 0 saturated carbocycles. The van der Waals surface area contributed by atoms with Crippen molar-refractivity contribution >= 4 is 119 Å². The molecule has 14 N–H and O–H groups in total. The van der Waals surface area contributed by atoms with Crippen LogP contribution in [0.3, 0.4) is 0 Å². The minimum atomic E-state index is -0.494. The van der Waals surface area contributed by atoms with Gasteiger partial charge in [0.2, 0.25) is 0 Å². The van der Waals surface area contributed by atoms with E-state index in [1.165, 1.54) is 18.2 Å². The zero-order chi connectivity index (χ0) is 86.2. The van der Waals surface area contributed by atoms with Crippen LogP contribution in [0.25, 0.3) is 33.1 Å². The maximum atomic E-state index is 8.91. The van der Waals surface area contributed by atoms with Gasteiger partial charge in [-0.15, -0.1) is 30.6 Å². The third-order valence-corrected chi connectivity index (χ3v) is 17.2. The molecule has 0 spiro atoms. The second kappa shape index (κ2) is 38.6. The van der Waals surface area contributed by atoms with Crippen LogP contribution in [-0.2, 0) is 18.9 Å². The lowest BCUT2D eigenvalue weighted by Crippen LogP contribution is -2.30. The van der Waals surface area contributed by atoms with Gasteiger partial charge in [0.15, 0.2) is 52.1 Å². The van der Waals surface area contributed by atoms with Gasteiger partial charge < -0.3 is 90.7 Å². The molecule has 15 rings (SSSR count). The van der Waals surface area contributed by atoms with Crippen LogP contribution in [-0.4, -0.2) is 223 Å². The number of nitrogens with two attached hydrogens (primary N) is 3. The number of hydrogen-bond acceptors (Lipinski definition) is 30. The number of rotatable bonds is 30. The number of nitrogens with zero attached hydrogens (tertiary/aromatic N) is 18. The molecule has 12 aromatic rings. The van der Waals surface area contributed by atoms with Gasteiger partial charge in [-0.2, -0.15) is 0 Å². The van der Waals surface area contributed by atoms with Gasteiger partial charge in [0.1, 0.15) is 54.7 Å². The van der Waals surface area contributed by atoms with Crippen LogP contribution in [0, 0.1) is 16.2 Å². The van der Waals surface area contributed by atoms with Crippen LogP contribution in [0.15, 0.2) is 212 Å². The maximum Gasteiger partial charge on any atom is 0.260 e. The summed E-state index contributed by atoms with van der Waals surface area (Å²) in [5.74, 6) is 3.22. The summed E-state index contributed by atoms with van der Waals surface area (Å²) < 4.78 is 67.6. The van der Waals surface area contributed by atoms with Crippen molar-refractivity contribution in [3.8, 4) is 35.3 Å². The predicted octanol–water partition coefficient (Wildman–Crippen LogP) is 9.93. The molecule has 0 bridgehead atoms. The largest absolute Gasteiger partial charge is 0.473 e. The number of ether oxygens (including phenoxy) is 10. The Labute approximate surface area is 699 Å². The topological polar surface area (TPSA) is 496 Å². The van der Waals surface area contributed by atoms with Crippen LogP contribution in [0.4, 0.5) is 34.1 Å². The predicted molar refractivity (Wildman–Crippen MR) is 466 cm³/mol. The monoisotopic (exact) mass is 1660 g/mol. The summed E-state index contributed by atoms with van der Waals surface area (Å²) in [5, 5.41) is 80.3. The highest BCUT2D eigenvalue weighted by Crippen LogP contribution is 2.39. The normalized spacial score (nSPS) is 14.9. The van der Waals surface area contributed by atoms with Crippen LogP contribution in [0.1, 0.15) is 69.2 Å². The van der Waals surface area contributed by atoms with E-state index in [-0.39, 0.29) is 146 Å². The van der Waals surface area contributed by atoms with Crippen molar-refractivity contribution in [2.24, 2.45) is 47.2 Å². The second-order valence-corrected chi connectivity index (χ2v) is 29.6. The minimum Gasteiger partial charge on any atom is -0.473 e. The summed E-state index contributed by atoms with van der Waals surface area (Å²) >= 11 is 0. The fourth-order valence-electron chi connectivity index (χ4n) is 12.0. The van der Waals surface area contributed by atoms with Crippen molar-refractivity contribution in [1.29, 1.82) is 16.2 Å². The molecular weight excluding hydrogens is 1570 g/mol. The van der Waals surface area contributed by atoms with Crippen LogP contribution in [0.2, 0.25) is 0 Å². The summed E-state index contributed by atoms with van der Waals surface area (Å²) in [6, 6.07) is 33.7. The summed E-state index contributed by atoms with van der Waals surface area (Å²) in [4.78, 5) is 28.1. The third-order valence-electron chi connectivity index (χ3n) is 17.2. The summed E-state index contributed by atoms with van der Waals surface area (Å²) in [6.07, 6.45) is 15.5. The molecule has 122 heavy (non-hydrogen) atoms. The van der Waals surface area contributed by atoms with Gasteiger partial charge in [0.05, 0.1) is 132 Å². The van der Waals surface area contributed by atoms with E-state index < -0.39 is 11.2 Å². The zero-order valence-electron chi connectivity index (χ0n) is 69.0. The first kappa shape index (κ1) is 85.6. The lowest BCUT2D eigenvalue weighted by Gasteiger charge is -2.21. The SMILES string of the molecule is CC(C)(C)Oc1nn2ccccc2c1N=C1N=C(Nc2c(OC(C)(C)C)nn3ccccc23)C(=N)C=C1N.CC(C)OCCOc1nn2ccccc2c1N=C1N=C(Nc2c(OCCOC(C)C)nn3ccccc23)C(=N)C=C1N.N=C1C=C(N)C(=Nc2c(OCCOCCO)nn3ccccc23)N=C1Nc1c(OCCOCCO)nn2ccccc12. The van der Waals surface area contributed by atoms with Crippen molar-refractivity contribution in [3.05, 3.63) is 182 Å². The number of hydrogen-bond donors (Lipinski definition) is 11. The van der Waals surface area contributed by atoms with Crippen LogP contribution >= 0.6 is 0 Å². The molecule has 0 aliphatic carbocycles. The smallest absolute Gasteiger partial charge is 0.260 e. The highest BCUT2D eigenvalue weighted by Gasteiger charge is 2.30. The van der Waals surface area contributed by atoms with Gasteiger partial charge in [-0.05, 0) is 160 Å². The molecule has 3 aliphatic rings. The fourth-order valence-corrected chi connectivity index (χ4v) is 12.0. The number of aliphatic hydroxyl groups is 2. The quantitative estimate of drug-likeness (QED) is 0.0186. The number of anilines is 3. The lowest BCUT2D eigenvalue weighted by molar-refractivity contribution is 0.0542. The van der Waals surface area contributed by atoms with E-state index in [4.69, 9.17) is 106 Å². The molecule has 0 fully saturated rings. The summed E-state index contributed by atoms with van der Waals surface area (Å²) in [5.41, 5.74) is 26.1. The average Bonchev–Trinajstić information content (AvgIpc) is 1.61. The van der Waals surface area contributed by atoms with Crippen molar-refractivity contribution < 1.29 is 57.6 Å². The Bertz CT molecular complexity index is 6110. The molecule has 12 aromatic heterocycles. The Morgan fingerprint density at radius 1 is 0.361 bits per heavy atom. The molecule has 0 aromatic carbocycles. The number of aromatic nitrogens is 12. The molecule has 0 saturated heterocycles. The van der Waals surface area contributed by atoms with Crippen molar-refractivity contribution in [2.75, 3.05) is 95.2 Å². The van der Waals surface area contributed by atoms with Gasteiger partial charge in [-0.1, -0.05) is 36.4 Å². The van der Waals surface area contributed by atoms with Crippen LogP contribution in [0.5, 0.6) is 35.3 Å². The highest BCUT2D eigenvalue weighted by molar-refractivity contribution is 6.54. The average molecular weight is 1660 g/mol. The van der Waals surface area contributed by atoms with Gasteiger partial charge >= 0.3 is 0 Å². The molecule has 0 unspecified atom stereocenters. The number of aliphatic hydroxyl groups excluding tert-OH is 2. The third kappa shape index (κ3) is 21.2. The Hall–Kier alpha value is -14.3. The fraction of sp³-hybridized carbons (Fsp3) is 0.313. The first-order valence-electron chi connectivity index (χ1n) is 39.1. The lowest BCUT2D eigenvalue weighted by atomic mass is 10.2. The van der Waals surface area contributed by atoms with Gasteiger partial charge in [0.25, 0.3) is 35.3 Å². The maximum absolute atomic E-state index is 8.91. The molecule has 39 nitrogen and oxygen atoms in total. The molecule has 3 aliphatic heterocycles. The van der Waals surface area contributed by atoms with E-state index in [0.717, 1.165) is 16.6 Å².